The number of benzene rings is 1. The molecular weight excluding hydrogens is 402 g/mol. The molecule has 10 heteroatoms. The number of carbonyl (C=O) groups excluding carboxylic acids is 2. The quantitative estimate of drug-likeness (QED) is 0.687. The van der Waals surface area contributed by atoms with E-state index in [1.165, 1.54) is 16.1 Å². The molecule has 0 unspecified atom stereocenters. The average Bonchev–Trinajstić information content (AvgIpc) is 2.68. The second-order valence-electron chi connectivity index (χ2n) is 6.81. The molecule has 0 aromatic heterocycles. The summed E-state index contributed by atoms with van der Waals surface area (Å²) in [5, 5.41) is 2.67. The molecule has 2 heterocycles. The molecule has 1 N–H and O–H groups in total. The number of hydrogen-bond donors (Lipinski definition) is 1. The molecule has 28 heavy (non-hydrogen) atoms. The van der Waals surface area contributed by atoms with Crippen molar-refractivity contribution in [3.63, 3.8) is 0 Å². The number of nitrogens with zero attached hydrogens (tertiary/aromatic N) is 2. The summed E-state index contributed by atoms with van der Waals surface area (Å²) in [6.45, 7) is 3.51. The van der Waals surface area contributed by atoms with Crippen molar-refractivity contribution >= 4 is 39.3 Å². The second kappa shape index (κ2) is 8.81. The number of hydrogen-bond acceptors (Lipinski definition) is 6. The summed E-state index contributed by atoms with van der Waals surface area (Å²) in [7, 11) is -1.78. The summed E-state index contributed by atoms with van der Waals surface area (Å²) in [5.41, 5.74) is 1.14. The van der Waals surface area contributed by atoms with Crippen molar-refractivity contribution < 1.29 is 22.7 Å². The van der Waals surface area contributed by atoms with Gasteiger partial charge in [0.15, 0.2) is 0 Å². The van der Waals surface area contributed by atoms with Crippen molar-refractivity contribution in [1.29, 1.82) is 0 Å². The van der Waals surface area contributed by atoms with Gasteiger partial charge in [0, 0.05) is 50.4 Å². The Labute approximate surface area is 169 Å². The molecule has 0 radical (unpaired) electrons. The molecule has 1 fully saturated rings. The molecule has 1 saturated heterocycles. The maximum absolute atomic E-state index is 12.8. The third-order valence-corrected chi connectivity index (χ3v) is 7.96. The Morgan fingerprint density at radius 3 is 2.68 bits per heavy atom. The second-order valence-corrected chi connectivity index (χ2v) is 10.3. The van der Waals surface area contributed by atoms with E-state index < -0.39 is 10.0 Å². The zero-order valence-corrected chi connectivity index (χ0v) is 17.6. The predicted molar refractivity (Wildman–Crippen MR) is 108 cm³/mol. The van der Waals surface area contributed by atoms with Gasteiger partial charge in [-0.3, -0.25) is 9.59 Å². The zero-order chi connectivity index (χ0) is 20.3. The number of rotatable bonds is 6. The Morgan fingerprint density at radius 1 is 1.29 bits per heavy atom. The molecule has 0 saturated carbocycles. The van der Waals surface area contributed by atoms with Crippen LogP contribution in [0.15, 0.2) is 23.1 Å². The van der Waals surface area contributed by atoms with Gasteiger partial charge in [0.1, 0.15) is 0 Å². The normalized spacial score (nSPS) is 20.6. The van der Waals surface area contributed by atoms with Crippen LogP contribution in [0.3, 0.4) is 0 Å². The van der Waals surface area contributed by atoms with E-state index in [1.54, 1.807) is 24.1 Å². The topological polar surface area (TPSA) is 96.0 Å². The molecule has 1 atom stereocenters. The van der Waals surface area contributed by atoms with Crippen molar-refractivity contribution in [2.45, 2.75) is 23.5 Å². The minimum atomic E-state index is -3.33. The number of fused-ring (bicyclic) bond motifs is 1. The molecule has 8 nitrogen and oxygen atoms in total. The van der Waals surface area contributed by atoms with E-state index in [4.69, 9.17) is 4.74 Å². The third kappa shape index (κ3) is 4.68. The summed E-state index contributed by atoms with van der Waals surface area (Å²) in [4.78, 5) is 27.3. The largest absolute Gasteiger partial charge is 0.385 e. The third-order valence-electron chi connectivity index (χ3n) is 4.83. The fraction of sp³-hybridized carbons (Fsp3) is 0.556. The minimum Gasteiger partial charge on any atom is -0.385 e. The lowest BCUT2D eigenvalue weighted by Gasteiger charge is -2.34. The van der Waals surface area contributed by atoms with E-state index in [0.29, 0.717) is 37.4 Å². The first kappa shape index (κ1) is 21.1. The minimum absolute atomic E-state index is 0.0510. The SMILES string of the molecule is COCCCS(=O)(=O)N1CCN(C(=O)c2ccc3c(c2)NC(=O)[C@H](C)S3)CC1. The maximum atomic E-state index is 12.8. The van der Waals surface area contributed by atoms with Gasteiger partial charge in [-0.1, -0.05) is 0 Å². The molecule has 2 aliphatic rings. The van der Waals surface area contributed by atoms with Crippen LogP contribution in [0.1, 0.15) is 23.7 Å². The molecule has 1 aromatic carbocycles. The zero-order valence-electron chi connectivity index (χ0n) is 16.0. The van der Waals surface area contributed by atoms with E-state index in [-0.39, 0.29) is 35.9 Å². The van der Waals surface area contributed by atoms with E-state index >= 15 is 0 Å². The summed E-state index contributed by atoms with van der Waals surface area (Å²) < 4.78 is 31.1. The van der Waals surface area contributed by atoms with Crippen molar-refractivity contribution in [3.8, 4) is 0 Å². The first-order chi connectivity index (χ1) is 13.3. The lowest BCUT2D eigenvalue weighted by Crippen LogP contribution is -2.51. The summed E-state index contributed by atoms with van der Waals surface area (Å²) in [6.07, 6.45) is 0.454. The van der Waals surface area contributed by atoms with Gasteiger partial charge in [-0.15, -0.1) is 11.8 Å². The van der Waals surface area contributed by atoms with Crippen LogP contribution in [-0.4, -0.2) is 80.3 Å². The summed E-state index contributed by atoms with van der Waals surface area (Å²) in [6, 6.07) is 5.30. The van der Waals surface area contributed by atoms with Crippen LogP contribution in [0.4, 0.5) is 5.69 Å². The maximum Gasteiger partial charge on any atom is 0.254 e. The number of amides is 2. The predicted octanol–water partition coefficient (Wildman–Crippen LogP) is 1.24. The van der Waals surface area contributed by atoms with Gasteiger partial charge in [-0.05, 0) is 31.5 Å². The number of nitrogens with one attached hydrogen (secondary N) is 1. The van der Waals surface area contributed by atoms with Gasteiger partial charge in [0.05, 0.1) is 16.7 Å². The Bertz CT molecular complexity index is 851. The van der Waals surface area contributed by atoms with Crippen molar-refractivity contribution in [2.75, 3.05) is 51.0 Å². The molecule has 3 rings (SSSR count). The number of ether oxygens (including phenoxy) is 1. The Balaban J connectivity index is 1.61. The number of piperazine rings is 1. The Kier molecular flexibility index (Phi) is 6.64. The van der Waals surface area contributed by atoms with Gasteiger partial charge in [-0.2, -0.15) is 4.31 Å². The van der Waals surface area contributed by atoms with E-state index in [1.807, 2.05) is 13.0 Å². The number of anilines is 1. The van der Waals surface area contributed by atoms with Crippen LogP contribution in [-0.2, 0) is 19.6 Å². The number of methoxy groups -OCH3 is 1. The van der Waals surface area contributed by atoms with Crippen LogP contribution in [0.2, 0.25) is 0 Å². The lowest BCUT2D eigenvalue weighted by atomic mass is 10.1. The summed E-state index contributed by atoms with van der Waals surface area (Å²) >= 11 is 1.47. The van der Waals surface area contributed by atoms with Gasteiger partial charge in [0.2, 0.25) is 15.9 Å². The monoisotopic (exact) mass is 427 g/mol. The molecule has 0 spiro atoms. The standard InChI is InChI=1S/C18H25N3O5S2/c1-13-17(22)19-15-12-14(4-5-16(15)27-13)18(23)20-6-8-21(9-7-20)28(24,25)11-3-10-26-2/h4-5,12-13H,3,6-11H2,1-2H3,(H,19,22)/t13-/m0/s1. The average molecular weight is 428 g/mol. The highest BCUT2D eigenvalue weighted by Crippen LogP contribution is 2.36. The Morgan fingerprint density at radius 2 is 2.00 bits per heavy atom. The van der Waals surface area contributed by atoms with Crippen molar-refractivity contribution in [2.24, 2.45) is 0 Å². The molecule has 0 aliphatic carbocycles. The summed E-state index contributed by atoms with van der Waals surface area (Å²) in [5.74, 6) is -0.179. The molecule has 2 amide bonds. The fourth-order valence-corrected chi connectivity index (χ4v) is 5.60. The van der Waals surface area contributed by atoms with E-state index in [0.717, 1.165) is 4.90 Å². The molecular formula is C18H25N3O5S2. The van der Waals surface area contributed by atoms with Crippen LogP contribution in [0, 0.1) is 0 Å². The number of carbonyl (C=O) groups is 2. The van der Waals surface area contributed by atoms with Crippen LogP contribution in [0.25, 0.3) is 0 Å². The molecule has 2 aliphatic heterocycles. The number of sulfonamides is 1. The van der Waals surface area contributed by atoms with Crippen molar-refractivity contribution in [1.82, 2.24) is 9.21 Å². The molecule has 0 bridgehead atoms. The molecule has 1 aromatic rings. The van der Waals surface area contributed by atoms with E-state index in [9.17, 15) is 18.0 Å². The van der Waals surface area contributed by atoms with Crippen molar-refractivity contribution in [3.05, 3.63) is 23.8 Å². The van der Waals surface area contributed by atoms with Gasteiger partial charge in [-0.25, -0.2) is 8.42 Å². The number of thioether (sulfide) groups is 1. The highest BCUT2D eigenvalue weighted by atomic mass is 32.2. The van der Waals surface area contributed by atoms with Crippen LogP contribution >= 0.6 is 11.8 Å². The fourth-order valence-electron chi connectivity index (χ4n) is 3.21. The lowest BCUT2D eigenvalue weighted by molar-refractivity contribution is -0.115. The van der Waals surface area contributed by atoms with E-state index in [2.05, 4.69) is 5.32 Å². The van der Waals surface area contributed by atoms with Crippen LogP contribution in [0.5, 0.6) is 0 Å². The van der Waals surface area contributed by atoms with Gasteiger partial charge in [0.25, 0.3) is 5.91 Å². The smallest absolute Gasteiger partial charge is 0.254 e. The highest BCUT2D eigenvalue weighted by Gasteiger charge is 2.30. The van der Waals surface area contributed by atoms with Crippen LogP contribution < -0.4 is 5.32 Å². The van der Waals surface area contributed by atoms with Gasteiger partial charge < -0.3 is 15.0 Å². The van der Waals surface area contributed by atoms with Gasteiger partial charge >= 0.3 is 0 Å². The first-order valence-electron chi connectivity index (χ1n) is 9.19. The highest BCUT2D eigenvalue weighted by molar-refractivity contribution is 8.01. The Hall–Kier alpha value is -1.62. The molecule has 154 valence electrons. The first-order valence-corrected chi connectivity index (χ1v) is 11.7.